The number of amides is 2. The van der Waals surface area contributed by atoms with Crippen molar-refractivity contribution in [3.8, 4) is 16.9 Å². The molecule has 32 heavy (non-hydrogen) atoms. The minimum Gasteiger partial charge on any atom is -0.491 e. The number of hydrogen-bond acceptors (Lipinski definition) is 5. The van der Waals surface area contributed by atoms with Gasteiger partial charge in [-0.1, -0.05) is 48.5 Å². The van der Waals surface area contributed by atoms with Crippen molar-refractivity contribution in [2.24, 2.45) is 0 Å². The zero-order chi connectivity index (χ0) is 22.3. The molecule has 7 heteroatoms. The van der Waals surface area contributed by atoms with E-state index in [0.717, 1.165) is 22.4 Å². The lowest BCUT2D eigenvalue weighted by atomic mass is 10.1. The maximum atomic E-state index is 12.6. The van der Waals surface area contributed by atoms with E-state index in [-0.39, 0.29) is 17.6 Å². The van der Waals surface area contributed by atoms with Gasteiger partial charge in [-0.2, -0.15) is 0 Å². The number of aryl methyl sites for hydroxylation is 1. The Labute approximate surface area is 189 Å². The summed E-state index contributed by atoms with van der Waals surface area (Å²) in [5.74, 6) is 0.429. The van der Waals surface area contributed by atoms with E-state index < -0.39 is 0 Å². The molecule has 0 saturated heterocycles. The van der Waals surface area contributed by atoms with Crippen LogP contribution in [0.2, 0.25) is 0 Å². The number of hydrogen-bond donors (Lipinski definition) is 2. The topological polar surface area (TPSA) is 80.6 Å². The largest absolute Gasteiger partial charge is 0.491 e. The van der Waals surface area contributed by atoms with Gasteiger partial charge in [0.2, 0.25) is 0 Å². The number of anilines is 1. The van der Waals surface area contributed by atoms with Crippen LogP contribution in [-0.2, 0) is 0 Å². The number of carbonyl (C=O) groups is 2. The molecule has 0 radical (unpaired) electrons. The standard InChI is InChI=1S/C25H22N2O4S/c1-17-16-22(27-24(28)21-12-7-14-30-21)32-23(17)25(29)26-13-15-31-20-11-6-5-10-19(20)18-8-3-2-4-9-18/h2-12,14,16H,13,15H2,1H3,(H,26,29)(H,27,28). The van der Waals surface area contributed by atoms with E-state index >= 15 is 0 Å². The molecule has 0 atom stereocenters. The molecule has 0 aliphatic carbocycles. The summed E-state index contributed by atoms with van der Waals surface area (Å²) < 4.78 is 11.0. The van der Waals surface area contributed by atoms with Crippen LogP contribution in [0.25, 0.3) is 11.1 Å². The monoisotopic (exact) mass is 446 g/mol. The van der Waals surface area contributed by atoms with Crippen LogP contribution in [0.4, 0.5) is 5.00 Å². The van der Waals surface area contributed by atoms with E-state index in [4.69, 9.17) is 9.15 Å². The molecule has 0 unspecified atom stereocenters. The molecule has 0 aliphatic heterocycles. The molecule has 4 rings (SSSR count). The van der Waals surface area contributed by atoms with Crippen LogP contribution in [0.15, 0.2) is 83.5 Å². The van der Waals surface area contributed by atoms with Gasteiger partial charge in [0.25, 0.3) is 11.8 Å². The zero-order valence-electron chi connectivity index (χ0n) is 17.5. The van der Waals surface area contributed by atoms with Crippen molar-refractivity contribution in [3.05, 3.63) is 95.3 Å². The van der Waals surface area contributed by atoms with Crippen LogP contribution in [0, 0.1) is 6.92 Å². The molecule has 2 amide bonds. The maximum Gasteiger partial charge on any atom is 0.291 e. The van der Waals surface area contributed by atoms with Crippen molar-refractivity contribution in [3.63, 3.8) is 0 Å². The highest BCUT2D eigenvalue weighted by atomic mass is 32.1. The molecule has 162 valence electrons. The second-order valence-electron chi connectivity index (χ2n) is 7.02. The third kappa shape index (κ3) is 5.07. The average molecular weight is 447 g/mol. The Morgan fingerprint density at radius 1 is 0.969 bits per heavy atom. The van der Waals surface area contributed by atoms with Crippen LogP contribution in [0.3, 0.4) is 0 Å². The van der Waals surface area contributed by atoms with Gasteiger partial charge in [0.15, 0.2) is 5.76 Å². The third-order valence-electron chi connectivity index (χ3n) is 4.72. The number of nitrogens with one attached hydrogen (secondary N) is 2. The van der Waals surface area contributed by atoms with Crippen LogP contribution < -0.4 is 15.4 Å². The fourth-order valence-electron chi connectivity index (χ4n) is 3.20. The molecule has 0 saturated carbocycles. The second-order valence-corrected chi connectivity index (χ2v) is 8.07. The van der Waals surface area contributed by atoms with Crippen molar-refractivity contribution in [1.82, 2.24) is 5.32 Å². The molecule has 2 aromatic heterocycles. The quantitative estimate of drug-likeness (QED) is 0.356. The summed E-state index contributed by atoms with van der Waals surface area (Å²) in [6.07, 6.45) is 1.44. The van der Waals surface area contributed by atoms with Crippen LogP contribution in [0.1, 0.15) is 25.8 Å². The zero-order valence-corrected chi connectivity index (χ0v) is 18.3. The molecule has 0 bridgehead atoms. The van der Waals surface area contributed by atoms with Gasteiger partial charge in [0.05, 0.1) is 22.7 Å². The first-order valence-corrected chi connectivity index (χ1v) is 10.9. The fraction of sp³-hybridized carbons (Fsp3) is 0.120. The molecule has 2 N–H and O–H groups in total. The Balaban J connectivity index is 1.32. The number of benzene rings is 2. The van der Waals surface area contributed by atoms with Crippen LogP contribution in [0.5, 0.6) is 5.75 Å². The van der Waals surface area contributed by atoms with E-state index in [1.54, 1.807) is 18.2 Å². The molecular weight excluding hydrogens is 424 g/mol. The lowest BCUT2D eigenvalue weighted by Crippen LogP contribution is -2.27. The number of ether oxygens (including phenoxy) is 1. The Hall–Kier alpha value is -3.84. The van der Waals surface area contributed by atoms with Gasteiger partial charge in [-0.3, -0.25) is 9.59 Å². The predicted octanol–water partition coefficient (Wildman–Crippen LogP) is 5.38. The van der Waals surface area contributed by atoms with E-state index in [9.17, 15) is 9.59 Å². The van der Waals surface area contributed by atoms with E-state index in [0.29, 0.717) is 23.0 Å². The van der Waals surface area contributed by atoms with Crippen molar-refractivity contribution >= 4 is 28.2 Å². The van der Waals surface area contributed by atoms with Gasteiger partial charge in [-0.05, 0) is 42.3 Å². The normalized spacial score (nSPS) is 10.5. The molecule has 2 aromatic carbocycles. The van der Waals surface area contributed by atoms with Gasteiger partial charge in [-0.15, -0.1) is 11.3 Å². The van der Waals surface area contributed by atoms with E-state index in [1.165, 1.54) is 17.6 Å². The van der Waals surface area contributed by atoms with Crippen molar-refractivity contribution in [1.29, 1.82) is 0 Å². The molecule has 0 fully saturated rings. The molecule has 0 spiro atoms. The number of thiophene rings is 1. The summed E-state index contributed by atoms with van der Waals surface area (Å²) >= 11 is 1.22. The SMILES string of the molecule is Cc1cc(NC(=O)c2ccco2)sc1C(=O)NCCOc1ccccc1-c1ccccc1. The maximum absolute atomic E-state index is 12.6. The molecule has 6 nitrogen and oxygen atoms in total. The lowest BCUT2D eigenvalue weighted by molar-refractivity contribution is 0.0949. The highest BCUT2D eigenvalue weighted by molar-refractivity contribution is 7.18. The first kappa shape index (κ1) is 21.4. The summed E-state index contributed by atoms with van der Waals surface area (Å²) in [6.45, 7) is 2.52. The highest BCUT2D eigenvalue weighted by Gasteiger charge is 2.16. The average Bonchev–Trinajstić information content (AvgIpc) is 3.47. The number of carbonyl (C=O) groups excluding carboxylic acids is 2. The number of rotatable bonds is 8. The fourth-order valence-corrected chi connectivity index (χ4v) is 4.19. The van der Waals surface area contributed by atoms with E-state index in [2.05, 4.69) is 10.6 Å². The van der Waals surface area contributed by atoms with Crippen molar-refractivity contribution in [2.45, 2.75) is 6.92 Å². The van der Waals surface area contributed by atoms with Crippen molar-refractivity contribution < 1.29 is 18.7 Å². The van der Waals surface area contributed by atoms with Gasteiger partial charge in [0, 0.05) is 5.56 Å². The Kier molecular flexibility index (Phi) is 6.67. The summed E-state index contributed by atoms with van der Waals surface area (Å²) in [6, 6.07) is 22.8. The number of furan rings is 1. The molecule has 0 aliphatic rings. The Morgan fingerprint density at radius 3 is 2.53 bits per heavy atom. The smallest absolute Gasteiger partial charge is 0.291 e. The Morgan fingerprint density at radius 2 is 1.75 bits per heavy atom. The predicted molar refractivity (Wildman–Crippen MR) is 125 cm³/mol. The van der Waals surface area contributed by atoms with E-state index in [1.807, 2.05) is 61.5 Å². The Bertz CT molecular complexity index is 1200. The summed E-state index contributed by atoms with van der Waals surface area (Å²) in [5, 5.41) is 6.22. The summed E-state index contributed by atoms with van der Waals surface area (Å²) in [7, 11) is 0. The highest BCUT2D eigenvalue weighted by Crippen LogP contribution is 2.29. The first-order valence-electron chi connectivity index (χ1n) is 10.1. The van der Waals surface area contributed by atoms with Gasteiger partial charge in [0.1, 0.15) is 12.4 Å². The van der Waals surface area contributed by atoms with Crippen LogP contribution in [-0.4, -0.2) is 25.0 Å². The summed E-state index contributed by atoms with van der Waals surface area (Å²) in [4.78, 5) is 25.3. The first-order chi connectivity index (χ1) is 15.6. The summed E-state index contributed by atoms with van der Waals surface area (Å²) in [5.41, 5.74) is 2.87. The van der Waals surface area contributed by atoms with Crippen LogP contribution >= 0.6 is 11.3 Å². The molecule has 2 heterocycles. The minimum atomic E-state index is -0.353. The molecular formula is C25H22N2O4S. The van der Waals surface area contributed by atoms with Gasteiger partial charge < -0.3 is 19.8 Å². The minimum absolute atomic E-state index is 0.203. The second kappa shape index (κ2) is 9.98. The van der Waals surface area contributed by atoms with Gasteiger partial charge in [-0.25, -0.2) is 0 Å². The van der Waals surface area contributed by atoms with Gasteiger partial charge >= 0.3 is 0 Å². The van der Waals surface area contributed by atoms with Crippen molar-refractivity contribution in [2.75, 3.05) is 18.5 Å². The third-order valence-corrected chi connectivity index (χ3v) is 5.87. The number of para-hydroxylation sites is 1. The molecule has 4 aromatic rings. The lowest BCUT2D eigenvalue weighted by Gasteiger charge is -2.12.